The fourth-order valence-electron chi connectivity index (χ4n) is 3.68. The summed E-state index contributed by atoms with van der Waals surface area (Å²) in [5.41, 5.74) is 1.61. The second-order valence-electron chi connectivity index (χ2n) is 7.15. The van der Waals surface area contributed by atoms with Crippen molar-refractivity contribution in [1.29, 1.82) is 0 Å². The summed E-state index contributed by atoms with van der Waals surface area (Å²) in [5.74, 6) is -1.54. The molecule has 0 aliphatic carbocycles. The van der Waals surface area contributed by atoms with E-state index in [1.165, 1.54) is 4.90 Å². The number of nitrogens with zero attached hydrogens (tertiary/aromatic N) is 1. The van der Waals surface area contributed by atoms with Gasteiger partial charge in [-0.25, -0.2) is 13.6 Å². The predicted molar refractivity (Wildman–Crippen MR) is 109 cm³/mol. The number of carbonyl (C=O) groups excluding carboxylic acids is 1. The first-order valence-electron chi connectivity index (χ1n) is 9.21. The van der Waals surface area contributed by atoms with Gasteiger partial charge in [0.25, 0.3) is 5.56 Å². The topological polar surface area (TPSA) is 62.4 Å². The Kier molecular flexibility index (Phi) is 5.30. The molecule has 1 aliphatic rings. The molecule has 3 aromatic rings. The number of aromatic amines is 1. The number of aryl methyl sites for hydroxylation is 1. The van der Waals surface area contributed by atoms with E-state index in [9.17, 15) is 18.4 Å². The van der Waals surface area contributed by atoms with Crippen LogP contribution in [0, 0.1) is 18.6 Å². The molecule has 2 atom stereocenters. The minimum Gasteiger partial charge on any atom is -0.443 e. The van der Waals surface area contributed by atoms with Crippen LogP contribution in [0.2, 0.25) is 5.02 Å². The van der Waals surface area contributed by atoms with Gasteiger partial charge in [-0.15, -0.1) is 0 Å². The van der Waals surface area contributed by atoms with Crippen LogP contribution in [0.1, 0.15) is 22.7 Å². The molecular formula is C22H17ClF2N2O3. The molecular weight excluding hydrogens is 414 g/mol. The van der Waals surface area contributed by atoms with Crippen LogP contribution in [-0.4, -0.2) is 17.2 Å². The summed E-state index contributed by atoms with van der Waals surface area (Å²) in [4.78, 5) is 28.9. The maximum atomic E-state index is 14.0. The van der Waals surface area contributed by atoms with Gasteiger partial charge in [-0.1, -0.05) is 11.6 Å². The zero-order valence-electron chi connectivity index (χ0n) is 15.9. The number of benzene rings is 2. The molecule has 5 nitrogen and oxygen atoms in total. The van der Waals surface area contributed by atoms with Crippen molar-refractivity contribution in [2.75, 3.05) is 4.90 Å². The maximum Gasteiger partial charge on any atom is 0.415 e. The molecule has 1 aromatic heterocycles. The number of pyridine rings is 1. The van der Waals surface area contributed by atoms with Gasteiger partial charge in [0, 0.05) is 35.0 Å². The predicted octanol–water partition coefficient (Wildman–Crippen LogP) is 4.92. The number of hydrogen-bond acceptors (Lipinski definition) is 3. The third-order valence-corrected chi connectivity index (χ3v) is 5.21. The Morgan fingerprint density at radius 1 is 1.07 bits per heavy atom. The van der Waals surface area contributed by atoms with E-state index in [2.05, 4.69) is 4.98 Å². The normalized spacial score (nSPS) is 18.5. The lowest BCUT2D eigenvalue weighted by atomic mass is 9.95. The van der Waals surface area contributed by atoms with E-state index in [4.69, 9.17) is 16.3 Å². The van der Waals surface area contributed by atoms with Gasteiger partial charge in [-0.05, 0) is 60.5 Å². The number of aromatic nitrogens is 1. The van der Waals surface area contributed by atoms with Gasteiger partial charge in [-0.3, -0.25) is 9.69 Å². The molecule has 0 saturated carbocycles. The van der Waals surface area contributed by atoms with E-state index < -0.39 is 29.9 Å². The monoisotopic (exact) mass is 430 g/mol. The lowest BCUT2D eigenvalue weighted by molar-refractivity contribution is 0.131. The summed E-state index contributed by atoms with van der Waals surface area (Å²) >= 11 is 5.95. The van der Waals surface area contributed by atoms with Crippen LogP contribution in [-0.2, 0) is 11.2 Å². The van der Waals surface area contributed by atoms with Crippen LogP contribution in [0.5, 0.6) is 0 Å². The fourth-order valence-corrected chi connectivity index (χ4v) is 3.81. The molecule has 8 heteroatoms. The molecule has 2 aromatic carbocycles. The smallest absolute Gasteiger partial charge is 0.415 e. The number of halogens is 3. The van der Waals surface area contributed by atoms with Crippen LogP contribution in [0.3, 0.4) is 0 Å². The number of carbonyl (C=O) groups is 1. The summed E-state index contributed by atoms with van der Waals surface area (Å²) < 4.78 is 33.5. The maximum absolute atomic E-state index is 14.0. The highest BCUT2D eigenvalue weighted by Gasteiger charge is 2.44. The average Bonchev–Trinajstić information content (AvgIpc) is 3.00. The number of anilines is 1. The van der Waals surface area contributed by atoms with Crippen molar-refractivity contribution in [2.45, 2.75) is 25.5 Å². The Morgan fingerprint density at radius 3 is 2.40 bits per heavy atom. The Morgan fingerprint density at radius 2 is 1.73 bits per heavy atom. The van der Waals surface area contributed by atoms with Gasteiger partial charge < -0.3 is 9.72 Å². The first-order chi connectivity index (χ1) is 14.3. The third-order valence-electron chi connectivity index (χ3n) is 4.96. The van der Waals surface area contributed by atoms with Crippen LogP contribution >= 0.6 is 11.6 Å². The van der Waals surface area contributed by atoms with Crippen molar-refractivity contribution in [3.8, 4) is 0 Å². The van der Waals surface area contributed by atoms with Gasteiger partial charge in [0.05, 0.1) is 0 Å². The van der Waals surface area contributed by atoms with Gasteiger partial charge in [0.2, 0.25) is 0 Å². The molecule has 1 amide bonds. The zero-order chi connectivity index (χ0) is 21.4. The number of H-pyrrole nitrogens is 1. The molecule has 1 aliphatic heterocycles. The molecule has 1 saturated heterocycles. The lowest BCUT2D eigenvalue weighted by Crippen LogP contribution is -2.31. The number of rotatable bonds is 4. The zero-order valence-corrected chi connectivity index (χ0v) is 16.6. The summed E-state index contributed by atoms with van der Waals surface area (Å²) in [6.45, 7) is 1.82. The molecule has 0 bridgehead atoms. The van der Waals surface area contributed by atoms with Gasteiger partial charge in [-0.2, -0.15) is 0 Å². The molecule has 0 radical (unpaired) electrons. The van der Waals surface area contributed by atoms with E-state index in [1.54, 1.807) is 36.5 Å². The van der Waals surface area contributed by atoms with E-state index in [1.807, 2.05) is 6.92 Å². The lowest BCUT2D eigenvalue weighted by Gasteiger charge is -2.25. The number of hydrogen-bond donors (Lipinski definition) is 1. The summed E-state index contributed by atoms with van der Waals surface area (Å²) in [7, 11) is 0. The highest BCUT2D eigenvalue weighted by Crippen LogP contribution is 2.39. The van der Waals surface area contributed by atoms with Crippen LogP contribution < -0.4 is 10.5 Å². The van der Waals surface area contributed by atoms with Crippen molar-refractivity contribution in [3.63, 3.8) is 0 Å². The summed E-state index contributed by atoms with van der Waals surface area (Å²) in [6.07, 6.45) is 0.139. The molecule has 0 unspecified atom stereocenters. The Balaban J connectivity index is 1.80. The number of cyclic esters (lactones) is 1. The average molecular weight is 431 g/mol. The minimum absolute atomic E-state index is 0.0790. The highest BCUT2D eigenvalue weighted by atomic mass is 35.5. The molecule has 0 spiro atoms. The van der Waals surface area contributed by atoms with E-state index in [0.717, 1.165) is 23.8 Å². The van der Waals surface area contributed by atoms with Crippen molar-refractivity contribution >= 4 is 23.4 Å². The van der Waals surface area contributed by atoms with Crippen LogP contribution in [0.4, 0.5) is 19.3 Å². The van der Waals surface area contributed by atoms with Gasteiger partial charge in [0.15, 0.2) is 0 Å². The van der Waals surface area contributed by atoms with Gasteiger partial charge in [0.1, 0.15) is 23.8 Å². The van der Waals surface area contributed by atoms with Crippen molar-refractivity contribution in [2.24, 2.45) is 0 Å². The largest absolute Gasteiger partial charge is 0.443 e. The van der Waals surface area contributed by atoms with Crippen molar-refractivity contribution in [3.05, 3.63) is 98.4 Å². The molecule has 4 rings (SSSR count). The molecule has 1 fully saturated rings. The number of nitrogens with one attached hydrogen (secondary N) is 1. The Bertz CT molecular complexity index is 1140. The van der Waals surface area contributed by atoms with E-state index in [0.29, 0.717) is 16.3 Å². The Labute approximate surface area is 175 Å². The van der Waals surface area contributed by atoms with Crippen LogP contribution in [0.15, 0.2) is 59.5 Å². The first-order valence-corrected chi connectivity index (χ1v) is 9.59. The number of amides is 1. The van der Waals surface area contributed by atoms with E-state index >= 15 is 0 Å². The summed E-state index contributed by atoms with van der Waals surface area (Å²) in [5, 5.41) is 0.475. The second-order valence-corrected chi connectivity index (χ2v) is 7.59. The van der Waals surface area contributed by atoms with Crippen molar-refractivity contribution in [1.82, 2.24) is 4.98 Å². The van der Waals surface area contributed by atoms with Crippen molar-refractivity contribution < 1.29 is 18.3 Å². The molecule has 2 heterocycles. The molecule has 30 heavy (non-hydrogen) atoms. The van der Waals surface area contributed by atoms with Crippen LogP contribution in [0.25, 0.3) is 0 Å². The standard InChI is InChI=1S/C22H17ClF2N2O3/c1-12-6-14(21(28)26-11-12)9-19-20(13-7-16(24)10-17(25)8-13)27(22(29)30-19)18-4-2-15(23)3-5-18/h2-8,10-11,19-20H,9H2,1H3,(H,26,28)/t19-,20-/m0/s1. The highest BCUT2D eigenvalue weighted by molar-refractivity contribution is 6.30. The summed E-state index contributed by atoms with van der Waals surface area (Å²) in [6, 6.07) is 10.4. The minimum atomic E-state index is -0.844. The molecule has 1 N–H and O–H groups in total. The number of ether oxygens (including phenoxy) is 1. The molecule has 154 valence electrons. The fraction of sp³-hybridized carbons (Fsp3) is 0.182. The Hall–Kier alpha value is -3.19. The quantitative estimate of drug-likeness (QED) is 0.638. The SMILES string of the molecule is Cc1c[nH]c(=O)c(C[C@@H]2OC(=O)N(c3ccc(Cl)cc3)[C@H]2c2cc(F)cc(F)c2)c1. The van der Waals surface area contributed by atoms with E-state index in [-0.39, 0.29) is 17.5 Å². The third kappa shape index (κ3) is 3.93. The second kappa shape index (κ2) is 7.91. The van der Waals surface area contributed by atoms with Gasteiger partial charge >= 0.3 is 6.09 Å². The first kappa shape index (κ1) is 20.1.